The molecule has 2 N–H and O–H groups in total. The number of aliphatic carboxylic acids is 1. The van der Waals surface area contributed by atoms with Crippen molar-refractivity contribution in [3.05, 3.63) is 0 Å². The van der Waals surface area contributed by atoms with Crippen molar-refractivity contribution in [1.29, 1.82) is 0 Å². The van der Waals surface area contributed by atoms with E-state index in [-0.39, 0.29) is 18.4 Å². The molecule has 1 saturated carbocycles. The van der Waals surface area contributed by atoms with E-state index in [4.69, 9.17) is 5.11 Å². The SMILES string of the molecule is CC(NC(=O)CCCC(=O)O)C1CCCC1. The molecule has 1 aliphatic rings. The zero-order valence-corrected chi connectivity index (χ0v) is 9.87. The fraction of sp³-hybridized carbons (Fsp3) is 0.833. The summed E-state index contributed by atoms with van der Waals surface area (Å²) in [6, 6.07) is 0.236. The zero-order valence-electron chi connectivity index (χ0n) is 9.87. The van der Waals surface area contributed by atoms with Gasteiger partial charge in [-0.2, -0.15) is 0 Å². The smallest absolute Gasteiger partial charge is 0.303 e. The zero-order chi connectivity index (χ0) is 12.0. The highest BCUT2D eigenvalue weighted by Crippen LogP contribution is 2.27. The Morgan fingerprint density at radius 2 is 1.94 bits per heavy atom. The van der Waals surface area contributed by atoms with Gasteiger partial charge in [-0.05, 0) is 32.1 Å². The first-order valence-electron chi connectivity index (χ1n) is 6.10. The van der Waals surface area contributed by atoms with Gasteiger partial charge in [-0.25, -0.2) is 0 Å². The van der Waals surface area contributed by atoms with Crippen molar-refractivity contribution in [2.75, 3.05) is 0 Å². The Morgan fingerprint density at radius 3 is 2.50 bits per heavy atom. The molecule has 1 fully saturated rings. The van der Waals surface area contributed by atoms with Gasteiger partial charge in [0.05, 0.1) is 0 Å². The third kappa shape index (κ3) is 4.64. The average molecular weight is 227 g/mol. The van der Waals surface area contributed by atoms with Gasteiger partial charge in [0.2, 0.25) is 5.91 Å². The van der Waals surface area contributed by atoms with E-state index in [2.05, 4.69) is 5.32 Å². The molecular formula is C12H21NO3. The third-order valence-corrected chi connectivity index (χ3v) is 3.29. The van der Waals surface area contributed by atoms with E-state index in [1.807, 2.05) is 6.92 Å². The molecule has 1 atom stereocenters. The number of carboxylic acids is 1. The average Bonchev–Trinajstić information content (AvgIpc) is 2.69. The summed E-state index contributed by atoms with van der Waals surface area (Å²) in [5.41, 5.74) is 0. The molecule has 1 rings (SSSR count). The summed E-state index contributed by atoms with van der Waals surface area (Å²) in [7, 11) is 0. The normalized spacial score (nSPS) is 18.3. The first kappa shape index (κ1) is 13.0. The van der Waals surface area contributed by atoms with Crippen molar-refractivity contribution in [2.24, 2.45) is 5.92 Å². The maximum Gasteiger partial charge on any atom is 0.303 e. The van der Waals surface area contributed by atoms with Crippen LogP contribution in [0.4, 0.5) is 0 Å². The second-order valence-corrected chi connectivity index (χ2v) is 4.65. The number of carboxylic acid groups (broad SMARTS) is 1. The molecule has 4 heteroatoms. The highest BCUT2D eigenvalue weighted by atomic mass is 16.4. The second kappa shape index (κ2) is 6.51. The van der Waals surface area contributed by atoms with Crippen LogP contribution in [-0.2, 0) is 9.59 Å². The van der Waals surface area contributed by atoms with Gasteiger partial charge in [0, 0.05) is 18.9 Å². The number of hydrogen-bond acceptors (Lipinski definition) is 2. The van der Waals surface area contributed by atoms with Gasteiger partial charge >= 0.3 is 5.97 Å². The Hall–Kier alpha value is -1.06. The Bertz CT molecular complexity index is 247. The Labute approximate surface area is 96.4 Å². The standard InChI is InChI=1S/C12H21NO3/c1-9(10-5-2-3-6-10)13-11(14)7-4-8-12(15)16/h9-10H,2-8H2,1H3,(H,13,14)(H,15,16). The van der Waals surface area contributed by atoms with Crippen molar-refractivity contribution in [1.82, 2.24) is 5.32 Å². The quantitative estimate of drug-likeness (QED) is 0.728. The Balaban J connectivity index is 2.15. The van der Waals surface area contributed by atoms with Crippen LogP contribution in [0, 0.1) is 5.92 Å². The minimum atomic E-state index is -0.836. The van der Waals surface area contributed by atoms with Crippen LogP contribution in [0.2, 0.25) is 0 Å². The molecule has 16 heavy (non-hydrogen) atoms. The molecule has 0 saturated heterocycles. The molecule has 0 aliphatic heterocycles. The summed E-state index contributed by atoms with van der Waals surface area (Å²) >= 11 is 0. The van der Waals surface area contributed by atoms with E-state index < -0.39 is 5.97 Å². The van der Waals surface area contributed by atoms with Crippen LogP contribution in [0.5, 0.6) is 0 Å². The summed E-state index contributed by atoms with van der Waals surface area (Å²) in [5, 5.41) is 11.4. The van der Waals surface area contributed by atoms with Crippen molar-refractivity contribution in [3.63, 3.8) is 0 Å². The molecule has 0 aromatic rings. The number of nitrogens with one attached hydrogen (secondary N) is 1. The molecule has 0 spiro atoms. The lowest BCUT2D eigenvalue weighted by Crippen LogP contribution is -2.37. The first-order valence-corrected chi connectivity index (χ1v) is 6.10. The summed E-state index contributed by atoms with van der Waals surface area (Å²) in [4.78, 5) is 21.8. The van der Waals surface area contributed by atoms with Gasteiger partial charge in [-0.15, -0.1) is 0 Å². The number of amides is 1. The van der Waals surface area contributed by atoms with E-state index >= 15 is 0 Å². The minimum Gasteiger partial charge on any atom is -0.481 e. The van der Waals surface area contributed by atoms with Gasteiger partial charge < -0.3 is 10.4 Å². The highest BCUT2D eigenvalue weighted by Gasteiger charge is 2.22. The Kier molecular flexibility index (Phi) is 5.29. The molecule has 92 valence electrons. The Morgan fingerprint density at radius 1 is 1.31 bits per heavy atom. The van der Waals surface area contributed by atoms with Crippen LogP contribution in [0.25, 0.3) is 0 Å². The van der Waals surface area contributed by atoms with Crippen molar-refractivity contribution in [2.45, 2.75) is 57.9 Å². The maximum atomic E-state index is 11.5. The van der Waals surface area contributed by atoms with Crippen molar-refractivity contribution in [3.8, 4) is 0 Å². The molecule has 0 bridgehead atoms. The van der Waals surface area contributed by atoms with Crippen LogP contribution in [-0.4, -0.2) is 23.0 Å². The minimum absolute atomic E-state index is 0.0133. The maximum absolute atomic E-state index is 11.5. The monoisotopic (exact) mass is 227 g/mol. The molecule has 1 aliphatic carbocycles. The van der Waals surface area contributed by atoms with Crippen LogP contribution < -0.4 is 5.32 Å². The summed E-state index contributed by atoms with van der Waals surface area (Å²) in [6.45, 7) is 2.05. The molecular weight excluding hydrogens is 206 g/mol. The lowest BCUT2D eigenvalue weighted by Gasteiger charge is -2.20. The van der Waals surface area contributed by atoms with Crippen molar-refractivity contribution < 1.29 is 14.7 Å². The molecule has 0 heterocycles. The molecule has 4 nitrogen and oxygen atoms in total. The molecule has 1 amide bonds. The largest absolute Gasteiger partial charge is 0.481 e. The van der Waals surface area contributed by atoms with E-state index in [1.54, 1.807) is 0 Å². The number of carbonyl (C=O) groups excluding carboxylic acids is 1. The van der Waals surface area contributed by atoms with Gasteiger partial charge in [-0.1, -0.05) is 12.8 Å². The summed E-state index contributed by atoms with van der Waals surface area (Å²) in [5.74, 6) is -0.235. The predicted molar refractivity (Wildman–Crippen MR) is 61.0 cm³/mol. The highest BCUT2D eigenvalue weighted by molar-refractivity contribution is 5.77. The van der Waals surface area contributed by atoms with Gasteiger partial charge in [0.1, 0.15) is 0 Å². The summed E-state index contributed by atoms with van der Waals surface area (Å²) < 4.78 is 0. The predicted octanol–water partition coefficient (Wildman–Crippen LogP) is 1.94. The number of carbonyl (C=O) groups is 2. The molecule has 0 aromatic carbocycles. The van der Waals surface area contributed by atoms with Crippen molar-refractivity contribution >= 4 is 11.9 Å². The molecule has 1 unspecified atom stereocenters. The fourth-order valence-corrected chi connectivity index (χ4v) is 2.30. The van der Waals surface area contributed by atoms with E-state index in [0.717, 1.165) is 0 Å². The van der Waals surface area contributed by atoms with Crippen LogP contribution in [0.1, 0.15) is 51.9 Å². The molecule has 0 aromatic heterocycles. The van der Waals surface area contributed by atoms with Gasteiger partial charge in [0.15, 0.2) is 0 Å². The second-order valence-electron chi connectivity index (χ2n) is 4.65. The third-order valence-electron chi connectivity index (χ3n) is 3.29. The summed E-state index contributed by atoms with van der Waals surface area (Å²) in [6.07, 6.45) is 5.77. The van der Waals surface area contributed by atoms with Gasteiger partial charge in [0.25, 0.3) is 0 Å². The lowest BCUT2D eigenvalue weighted by molar-refractivity contribution is -0.137. The van der Waals surface area contributed by atoms with E-state index in [9.17, 15) is 9.59 Å². The topological polar surface area (TPSA) is 66.4 Å². The van der Waals surface area contributed by atoms with Crippen LogP contribution in [0.3, 0.4) is 0 Å². The molecule has 0 radical (unpaired) electrons. The first-order chi connectivity index (χ1) is 7.59. The number of hydrogen-bond donors (Lipinski definition) is 2. The van der Waals surface area contributed by atoms with Crippen LogP contribution >= 0.6 is 0 Å². The van der Waals surface area contributed by atoms with Crippen LogP contribution in [0.15, 0.2) is 0 Å². The van der Waals surface area contributed by atoms with Gasteiger partial charge in [-0.3, -0.25) is 9.59 Å². The van der Waals surface area contributed by atoms with E-state index in [1.165, 1.54) is 25.7 Å². The number of rotatable bonds is 6. The lowest BCUT2D eigenvalue weighted by atomic mass is 9.99. The van der Waals surface area contributed by atoms with E-state index in [0.29, 0.717) is 18.8 Å². The fourth-order valence-electron chi connectivity index (χ4n) is 2.30.